The van der Waals surface area contributed by atoms with Crippen molar-refractivity contribution in [1.29, 1.82) is 0 Å². The molecule has 0 saturated carbocycles. The minimum absolute atomic E-state index is 0.110. The SMILES string of the molecule is CCCOc1ccc(C(=O)N2CCNCC2)cc1. The second-order valence-electron chi connectivity index (χ2n) is 4.42. The van der Waals surface area contributed by atoms with Crippen molar-refractivity contribution in [3.8, 4) is 5.75 Å². The van der Waals surface area contributed by atoms with Crippen LogP contribution in [0.25, 0.3) is 0 Å². The Labute approximate surface area is 108 Å². The Bertz CT molecular complexity index is 383. The van der Waals surface area contributed by atoms with Crippen molar-refractivity contribution in [2.24, 2.45) is 0 Å². The van der Waals surface area contributed by atoms with Gasteiger partial charge in [-0.15, -0.1) is 0 Å². The van der Waals surface area contributed by atoms with Crippen LogP contribution in [-0.2, 0) is 0 Å². The van der Waals surface area contributed by atoms with Gasteiger partial charge in [0.05, 0.1) is 6.61 Å². The number of ether oxygens (including phenoxy) is 1. The van der Waals surface area contributed by atoms with E-state index in [0.29, 0.717) is 6.61 Å². The number of hydrogen-bond donors (Lipinski definition) is 1. The fourth-order valence-corrected chi connectivity index (χ4v) is 1.96. The van der Waals surface area contributed by atoms with Gasteiger partial charge in [0.1, 0.15) is 5.75 Å². The molecule has 1 saturated heterocycles. The van der Waals surface area contributed by atoms with E-state index in [9.17, 15) is 4.79 Å². The highest BCUT2D eigenvalue weighted by Crippen LogP contribution is 2.14. The average Bonchev–Trinajstić information content (AvgIpc) is 2.46. The summed E-state index contributed by atoms with van der Waals surface area (Å²) in [6.45, 7) is 6.11. The molecule has 1 aromatic rings. The lowest BCUT2D eigenvalue weighted by Gasteiger charge is -2.27. The minimum atomic E-state index is 0.110. The Hall–Kier alpha value is -1.55. The molecule has 1 fully saturated rings. The number of carbonyl (C=O) groups excluding carboxylic acids is 1. The van der Waals surface area contributed by atoms with Crippen LogP contribution in [0.1, 0.15) is 23.7 Å². The first-order valence-electron chi connectivity index (χ1n) is 6.54. The zero-order chi connectivity index (χ0) is 12.8. The zero-order valence-electron chi connectivity index (χ0n) is 10.8. The minimum Gasteiger partial charge on any atom is -0.494 e. The molecule has 0 spiro atoms. The lowest BCUT2D eigenvalue weighted by atomic mass is 10.2. The molecule has 0 bridgehead atoms. The molecule has 4 nitrogen and oxygen atoms in total. The Morgan fingerprint density at radius 3 is 2.56 bits per heavy atom. The Kier molecular flexibility index (Phi) is 4.59. The monoisotopic (exact) mass is 248 g/mol. The van der Waals surface area contributed by atoms with Crippen molar-refractivity contribution >= 4 is 5.91 Å². The van der Waals surface area contributed by atoms with Crippen molar-refractivity contribution in [2.45, 2.75) is 13.3 Å². The zero-order valence-corrected chi connectivity index (χ0v) is 10.8. The molecule has 0 aliphatic carbocycles. The van der Waals surface area contributed by atoms with Crippen LogP contribution in [0.4, 0.5) is 0 Å². The van der Waals surface area contributed by atoms with Crippen LogP contribution in [-0.4, -0.2) is 43.6 Å². The van der Waals surface area contributed by atoms with Gasteiger partial charge in [-0.1, -0.05) is 6.92 Å². The first kappa shape index (κ1) is 12.9. The van der Waals surface area contributed by atoms with Crippen molar-refractivity contribution in [1.82, 2.24) is 10.2 Å². The molecule has 0 atom stereocenters. The molecule has 0 aromatic heterocycles. The van der Waals surface area contributed by atoms with Crippen molar-refractivity contribution in [3.05, 3.63) is 29.8 Å². The molecule has 4 heteroatoms. The van der Waals surface area contributed by atoms with Gasteiger partial charge in [0.2, 0.25) is 0 Å². The number of piperazine rings is 1. The highest BCUT2D eigenvalue weighted by molar-refractivity contribution is 5.94. The quantitative estimate of drug-likeness (QED) is 0.878. The summed E-state index contributed by atoms with van der Waals surface area (Å²) < 4.78 is 5.50. The smallest absolute Gasteiger partial charge is 0.253 e. The lowest BCUT2D eigenvalue weighted by molar-refractivity contribution is 0.0736. The molecule has 1 aliphatic rings. The van der Waals surface area contributed by atoms with Crippen LogP contribution < -0.4 is 10.1 Å². The van der Waals surface area contributed by atoms with Crippen LogP contribution in [0.2, 0.25) is 0 Å². The summed E-state index contributed by atoms with van der Waals surface area (Å²) in [5.74, 6) is 0.937. The van der Waals surface area contributed by atoms with Crippen LogP contribution >= 0.6 is 0 Å². The summed E-state index contributed by atoms with van der Waals surface area (Å²) in [6, 6.07) is 7.42. The molecule has 2 rings (SSSR count). The molecule has 1 aliphatic heterocycles. The predicted molar refractivity (Wildman–Crippen MR) is 71.0 cm³/mol. The van der Waals surface area contributed by atoms with E-state index in [2.05, 4.69) is 12.2 Å². The summed E-state index contributed by atoms with van der Waals surface area (Å²) in [7, 11) is 0. The third-order valence-electron chi connectivity index (χ3n) is 2.98. The topological polar surface area (TPSA) is 41.6 Å². The Morgan fingerprint density at radius 1 is 1.28 bits per heavy atom. The highest BCUT2D eigenvalue weighted by Gasteiger charge is 2.17. The number of amides is 1. The van der Waals surface area contributed by atoms with E-state index in [4.69, 9.17) is 4.74 Å². The van der Waals surface area contributed by atoms with Gasteiger partial charge in [-0.3, -0.25) is 4.79 Å². The van der Waals surface area contributed by atoms with Gasteiger partial charge >= 0.3 is 0 Å². The Balaban J connectivity index is 1.97. The number of nitrogens with one attached hydrogen (secondary N) is 1. The molecule has 0 unspecified atom stereocenters. The molecule has 18 heavy (non-hydrogen) atoms. The highest BCUT2D eigenvalue weighted by atomic mass is 16.5. The molecular formula is C14H20N2O2. The number of nitrogens with zero attached hydrogens (tertiary/aromatic N) is 1. The third-order valence-corrected chi connectivity index (χ3v) is 2.98. The maximum atomic E-state index is 12.2. The van der Waals surface area contributed by atoms with Gasteiger partial charge in [-0.2, -0.15) is 0 Å². The molecule has 1 amide bonds. The molecule has 1 N–H and O–H groups in total. The molecule has 1 aromatic carbocycles. The molecule has 98 valence electrons. The molecular weight excluding hydrogens is 228 g/mol. The van der Waals surface area contributed by atoms with Crippen LogP contribution in [0.5, 0.6) is 5.75 Å². The molecule has 1 heterocycles. The summed E-state index contributed by atoms with van der Waals surface area (Å²) in [5.41, 5.74) is 0.737. The summed E-state index contributed by atoms with van der Waals surface area (Å²) in [4.78, 5) is 14.1. The number of carbonyl (C=O) groups is 1. The number of rotatable bonds is 4. The summed E-state index contributed by atoms with van der Waals surface area (Å²) in [5, 5.41) is 3.24. The fraction of sp³-hybridized carbons (Fsp3) is 0.500. The van der Waals surface area contributed by atoms with Crippen molar-refractivity contribution in [3.63, 3.8) is 0 Å². The van der Waals surface area contributed by atoms with Crippen molar-refractivity contribution < 1.29 is 9.53 Å². The number of benzene rings is 1. The fourth-order valence-electron chi connectivity index (χ4n) is 1.96. The van der Waals surface area contributed by atoms with Crippen LogP contribution in [0, 0.1) is 0 Å². The van der Waals surface area contributed by atoms with E-state index < -0.39 is 0 Å². The van der Waals surface area contributed by atoms with E-state index in [1.54, 1.807) is 0 Å². The predicted octanol–water partition coefficient (Wildman–Crippen LogP) is 1.52. The second kappa shape index (κ2) is 6.40. The van der Waals surface area contributed by atoms with Gasteiger partial charge in [-0.05, 0) is 30.7 Å². The third kappa shape index (κ3) is 3.23. The standard InChI is InChI=1S/C14H20N2O2/c1-2-11-18-13-5-3-12(4-6-13)14(17)16-9-7-15-8-10-16/h3-6,15H,2,7-11H2,1H3. The van der Waals surface area contributed by atoms with E-state index in [-0.39, 0.29) is 5.91 Å². The Morgan fingerprint density at radius 2 is 1.94 bits per heavy atom. The second-order valence-corrected chi connectivity index (χ2v) is 4.42. The van der Waals surface area contributed by atoms with Gasteiger partial charge in [0.25, 0.3) is 5.91 Å². The normalized spacial score (nSPS) is 15.5. The van der Waals surface area contributed by atoms with Crippen LogP contribution in [0.15, 0.2) is 24.3 Å². The maximum absolute atomic E-state index is 12.2. The van der Waals surface area contributed by atoms with E-state index in [1.165, 1.54) is 0 Å². The van der Waals surface area contributed by atoms with Crippen LogP contribution in [0.3, 0.4) is 0 Å². The van der Waals surface area contributed by atoms with Gasteiger partial charge in [-0.25, -0.2) is 0 Å². The van der Waals surface area contributed by atoms with Crippen molar-refractivity contribution in [2.75, 3.05) is 32.8 Å². The average molecular weight is 248 g/mol. The van der Waals surface area contributed by atoms with E-state index >= 15 is 0 Å². The number of hydrogen-bond acceptors (Lipinski definition) is 3. The van der Waals surface area contributed by atoms with Gasteiger partial charge in [0.15, 0.2) is 0 Å². The first-order valence-corrected chi connectivity index (χ1v) is 6.54. The summed E-state index contributed by atoms with van der Waals surface area (Å²) in [6.07, 6.45) is 0.988. The first-order chi connectivity index (χ1) is 8.81. The summed E-state index contributed by atoms with van der Waals surface area (Å²) >= 11 is 0. The van der Waals surface area contributed by atoms with Gasteiger partial charge < -0.3 is 15.0 Å². The maximum Gasteiger partial charge on any atom is 0.253 e. The lowest BCUT2D eigenvalue weighted by Crippen LogP contribution is -2.46. The van der Waals surface area contributed by atoms with E-state index in [0.717, 1.165) is 43.9 Å². The van der Waals surface area contributed by atoms with Gasteiger partial charge in [0, 0.05) is 31.7 Å². The largest absolute Gasteiger partial charge is 0.494 e. The molecule has 0 radical (unpaired) electrons. The van der Waals surface area contributed by atoms with E-state index in [1.807, 2.05) is 29.2 Å².